The van der Waals surface area contributed by atoms with Crippen LogP contribution in [0.25, 0.3) is 0 Å². The molecule has 0 bridgehead atoms. The minimum absolute atomic E-state index is 0.780. The van der Waals surface area contributed by atoms with Crippen LogP contribution in [0.3, 0.4) is 0 Å². The van der Waals surface area contributed by atoms with E-state index in [9.17, 15) is 105 Å². The van der Waals surface area contributed by atoms with E-state index in [-0.39, 0.29) is 0 Å². The van der Waals surface area contributed by atoms with Gasteiger partial charge < -0.3 is 0 Å². The molecule has 0 aromatic rings. The van der Waals surface area contributed by atoms with Gasteiger partial charge in [0.1, 0.15) is 0 Å². The first-order valence-electron chi connectivity index (χ1n) is 7.19. The fourth-order valence-corrected chi connectivity index (χ4v) is 1.68. The Kier molecular flexibility index (Phi) is 7.75. The van der Waals surface area contributed by atoms with E-state index >= 15 is 0 Å². The van der Waals surface area contributed by atoms with Crippen LogP contribution in [0.15, 0.2) is 0 Å². The molecule has 0 radical (unpaired) electrons. The highest BCUT2D eigenvalue weighted by molar-refractivity contribution is 5.12. The molecule has 25 heteroatoms. The molecule has 0 aliphatic carbocycles. The molecular weight excluding hydrogens is 604 g/mol. The van der Waals surface area contributed by atoms with Crippen LogP contribution in [0.4, 0.5) is 105 Å². The average molecular weight is 604 g/mol. The van der Waals surface area contributed by atoms with Gasteiger partial charge in [-0.15, -0.1) is 0 Å². The van der Waals surface area contributed by atoms with Crippen molar-refractivity contribution in [2.75, 3.05) is 0 Å². The molecule has 0 aromatic carbocycles. The largest absolute Gasteiger partial charge is 0.460 e. The zero-order valence-corrected chi connectivity index (χ0v) is 15.0. The molecule has 36 heavy (non-hydrogen) atoms. The lowest BCUT2D eigenvalue weighted by molar-refractivity contribution is -0.532. The first-order chi connectivity index (χ1) is 15.0. The lowest BCUT2D eigenvalue weighted by atomic mass is 9.93. The van der Waals surface area contributed by atoms with Crippen molar-refractivity contribution in [3.8, 4) is 0 Å². The smallest absolute Gasteiger partial charge is 0.264 e. The summed E-state index contributed by atoms with van der Waals surface area (Å²) in [6.07, 6.45) is -33.4. The summed E-state index contributed by atoms with van der Waals surface area (Å²) < 4.78 is 305. The summed E-state index contributed by atoms with van der Waals surface area (Å²) in [6, 6.07) is 0. The van der Waals surface area contributed by atoms with E-state index in [4.69, 9.17) is 0 Å². The molecular formula is C11F24O. The van der Waals surface area contributed by atoms with Gasteiger partial charge >= 0.3 is 66.0 Å². The van der Waals surface area contributed by atoms with Crippen molar-refractivity contribution in [3.63, 3.8) is 0 Å². The number of hydrogen-bond donors (Lipinski definition) is 0. The highest BCUT2D eigenvalue weighted by atomic mass is 19.4. The lowest BCUT2D eigenvalue weighted by Gasteiger charge is -2.43. The first-order valence-corrected chi connectivity index (χ1v) is 7.19. The topological polar surface area (TPSA) is 9.23 Å². The summed E-state index contributed by atoms with van der Waals surface area (Å²) in [5, 5.41) is 0. The zero-order chi connectivity index (χ0) is 30.2. The van der Waals surface area contributed by atoms with Gasteiger partial charge in [-0.3, -0.25) is 4.74 Å². The Balaban J connectivity index is 7.07. The van der Waals surface area contributed by atoms with Gasteiger partial charge in [0.2, 0.25) is 0 Å². The van der Waals surface area contributed by atoms with Gasteiger partial charge in [0.15, 0.2) is 0 Å². The summed E-state index contributed by atoms with van der Waals surface area (Å²) in [4.78, 5) is 0. The molecule has 0 fully saturated rings. The van der Waals surface area contributed by atoms with Crippen molar-refractivity contribution in [3.05, 3.63) is 0 Å². The summed E-state index contributed by atoms with van der Waals surface area (Å²) in [6.45, 7) is 0. The molecule has 1 atom stereocenters. The van der Waals surface area contributed by atoms with E-state index in [1.54, 1.807) is 0 Å². The maximum Gasteiger partial charge on any atom is 0.460 e. The standard InChI is InChI=1S/C11F24O/c12-1(13,2(14,15)4(18,19)8(25,26)27)3(16,17)5(20,21)11(34,35)36-7(24,10(31,32)33)6(22,23)9(28,29)30. The first kappa shape index (κ1) is 34.3. The Labute approximate surface area is 177 Å². The Hall–Kier alpha value is -1.72. The SMILES string of the molecule is FC(F)(F)C(F)(F)C(F)(F)C(F)(F)C(F)(F)C(F)(F)C(F)(F)OC(F)(C(F)(F)F)C(F)(F)C(F)(F)F. The number of rotatable bonds is 8. The van der Waals surface area contributed by atoms with Crippen LogP contribution in [0, 0.1) is 0 Å². The molecule has 0 aromatic heterocycles. The molecule has 0 heterocycles. The molecule has 0 rings (SSSR count). The lowest BCUT2D eigenvalue weighted by Crippen LogP contribution is -2.74. The third-order valence-electron chi connectivity index (χ3n) is 3.69. The van der Waals surface area contributed by atoms with Crippen molar-refractivity contribution in [2.45, 2.75) is 66.0 Å². The zero-order valence-electron chi connectivity index (χ0n) is 15.0. The summed E-state index contributed by atoms with van der Waals surface area (Å²) in [5.41, 5.74) is 0. The second-order valence-corrected chi connectivity index (χ2v) is 6.15. The fraction of sp³-hybridized carbons (Fsp3) is 1.00. The Bertz CT molecular complexity index is 794. The number of hydrogen-bond acceptors (Lipinski definition) is 1. The van der Waals surface area contributed by atoms with Gasteiger partial charge in [-0.25, -0.2) is 0 Å². The van der Waals surface area contributed by atoms with E-state index in [1.807, 2.05) is 0 Å². The van der Waals surface area contributed by atoms with E-state index < -0.39 is 66.0 Å². The van der Waals surface area contributed by atoms with Crippen LogP contribution in [0.1, 0.15) is 0 Å². The second-order valence-electron chi connectivity index (χ2n) is 6.15. The van der Waals surface area contributed by atoms with Crippen LogP contribution < -0.4 is 0 Å². The van der Waals surface area contributed by atoms with E-state index in [0.717, 1.165) is 4.74 Å². The fourth-order valence-electron chi connectivity index (χ4n) is 1.68. The highest BCUT2D eigenvalue weighted by Crippen LogP contribution is 2.64. The van der Waals surface area contributed by atoms with Crippen LogP contribution in [-0.4, -0.2) is 66.0 Å². The summed E-state index contributed by atoms with van der Waals surface area (Å²) >= 11 is 0. The maximum atomic E-state index is 13.4. The molecule has 0 saturated carbocycles. The van der Waals surface area contributed by atoms with Gasteiger partial charge in [-0.1, -0.05) is 0 Å². The predicted molar refractivity (Wildman–Crippen MR) is 57.7 cm³/mol. The normalized spacial score (nSPS) is 18.3. The number of halogens is 24. The van der Waals surface area contributed by atoms with Crippen molar-refractivity contribution in [2.24, 2.45) is 0 Å². The van der Waals surface area contributed by atoms with Crippen molar-refractivity contribution in [1.82, 2.24) is 0 Å². The van der Waals surface area contributed by atoms with Crippen LogP contribution in [0.2, 0.25) is 0 Å². The summed E-state index contributed by atoms with van der Waals surface area (Å²) in [7, 11) is 0. The third-order valence-corrected chi connectivity index (χ3v) is 3.69. The maximum absolute atomic E-state index is 13.4. The quantitative estimate of drug-likeness (QED) is 0.258. The van der Waals surface area contributed by atoms with Gasteiger partial charge in [0, 0.05) is 0 Å². The molecule has 0 aliphatic rings. The molecule has 0 saturated heterocycles. The van der Waals surface area contributed by atoms with Gasteiger partial charge in [-0.2, -0.15) is 105 Å². The Morgan fingerprint density at radius 2 is 0.500 bits per heavy atom. The molecule has 0 spiro atoms. The minimum atomic E-state index is -9.25. The number of alkyl halides is 24. The third kappa shape index (κ3) is 4.34. The Morgan fingerprint density at radius 3 is 0.750 bits per heavy atom. The molecule has 218 valence electrons. The van der Waals surface area contributed by atoms with E-state index in [2.05, 4.69) is 0 Å². The molecule has 0 amide bonds. The van der Waals surface area contributed by atoms with E-state index in [1.165, 1.54) is 0 Å². The van der Waals surface area contributed by atoms with Crippen LogP contribution in [-0.2, 0) is 4.74 Å². The number of ether oxygens (including phenoxy) is 1. The van der Waals surface area contributed by atoms with E-state index in [0.29, 0.717) is 0 Å². The molecule has 1 nitrogen and oxygen atoms in total. The van der Waals surface area contributed by atoms with Crippen molar-refractivity contribution >= 4 is 0 Å². The van der Waals surface area contributed by atoms with Gasteiger partial charge in [0.05, 0.1) is 0 Å². The monoisotopic (exact) mass is 604 g/mol. The minimum Gasteiger partial charge on any atom is -0.264 e. The summed E-state index contributed by atoms with van der Waals surface area (Å²) in [5.74, 6) is -62.2. The van der Waals surface area contributed by atoms with Crippen molar-refractivity contribution in [1.29, 1.82) is 0 Å². The molecule has 0 aliphatic heterocycles. The van der Waals surface area contributed by atoms with Crippen LogP contribution in [0.5, 0.6) is 0 Å². The predicted octanol–water partition coefficient (Wildman–Crippen LogP) is 7.76. The average Bonchev–Trinajstić information content (AvgIpc) is 2.57. The highest BCUT2D eigenvalue weighted by Gasteiger charge is 2.95. The van der Waals surface area contributed by atoms with Gasteiger partial charge in [0.25, 0.3) is 0 Å². The Morgan fingerprint density at radius 1 is 0.250 bits per heavy atom. The second kappa shape index (κ2) is 8.14. The van der Waals surface area contributed by atoms with Gasteiger partial charge in [-0.05, 0) is 0 Å². The van der Waals surface area contributed by atoms with Crippen molar-refractivity contribution < 1.29 is 110 Å². The van der Waals surface area contributed by atoms with Crippen LogP contribution >= 0.6 is 0 Å². The molecule has 1 unspecified atom stereocenters. The molecule has 0 N–H and O–H groups in total.